The maximum absolute atomic E-state index is 17.9. The Bertz CT molecular complexity index is 3480. The molecule has 5 saturated heterocycles. The fraction of sp³-hybridized carbons (Fsp3) is 0.727. The van der Waals surface area contributed by atoms with Crippen molar-refractivity contribution in [3.8, 4) is 0 Å². The molecule has 13 heteroatoms. The molecule has 5 bridgehead atoms. The molecule has 6 spiro atoms. The van der Waals surface area contributed by atoms with Crippen LogP contribution >= 0.6 is 0 Å². The molecule has 0 unspecified atom stereocenters. The number of esters is 2. The van der Waals surface area contributed by atoms with Gasteiger partial charge < -0.3 is 43.6 Å². The fourth-order valence-corrected chi connectivity index (χ4v) is 29.4. The molecule has 14 fully saturated rings. The van der Waals surface area contributed by atoms with E-state index in [1.807, 2.05) is 6.07 Å². The van der Waals surface area contributed by atoms with Gasteiger partial charge >= 0.3 is 11.9 Å². The van der Waals surface area contributed by atoms with Gasteiger partial charge in [0.25, 0.3) is 0 Å². The highest BCUT2D eigenvalue weighted by Crippen LogP contribution is 2.91. The summed E-state index contributed by atoms with van der Waals surface area (Å²) in [6.45, 7) is 3.82. The van der Waals surface area contributed by atoms with Crippen LogP contribution < -0.4 is 5.32 Å². The van der Waals surface area contributed by atoms with E-state index >= 15 is 19.5 Å². The summed E-state index contributed by atoms with van der Waals surface area (Å²) in [6, 6.07) is 13.3. The largest absolute Gasteiger partial charge is 0.469 e. The standard InChI is InChI=1S/C77H94N2O11/c1-70-36-47-37-71-25-9-16-49(71)33-51-34-60-72-26-21-44-13-5-6-17-52(44)56(72)18-8-14-48(72)22-27-74(60)63-61(82)65(83)75(50-15-7-12-43(31-50)30-42-10-3-2-4-11-42,62(47)73(63)40-87-68(84)64(71)76(51,73)90-74)77(70)67(89-77)69(85)88-66(70)54-24-29-86-59(54)35-55(58(81)39-80)45-19-20-53-46(32-45)23-28-79-41-78-38-57(53)79/h2-4,8,10-11,14,21,23-24,26,28-29,34,43-50,52-53,55-58,60,62-67,78,80-81,83H,5-7,9,12-13,15-20,22,25,27,30-33,35-41H2,1H3/t43-,44-,45+,46-,47+,48+,49-,50+,52-,53+,55+,56+,57-,58-,60-,62-,63+,64+,65-,66+,67-,70+,71+,72-,73-,74+,75+,76+,77-/m1/s1. The first-order valence-corrected chi connectivity index (χ1v) is 36.4. The van der Waals surface area contributed by atoms with Gasteiger partial charge in [0.2, 0.25) is 0 Å². The average Bonchev–Trinajstić information content (AvgIpc) is 1.41. The van der Waals surface area contributed by atoms with E-state index in [4.69, 9.17) is 23.4 Å². The number of aliphatic hydroxyl groups is 3. The Morgan fingerprint density at radius 2 is 1.72 bits per heavy atom. The lowest BCUT2D eigenvalue weighted by molar-refractivity contribution is -0.301. The van der Waals surface area contributed by atoms with E-state index in [0.29, 0.717) is 60.7 Å². The average molecular weight is 1220 g/mol. The van der Waals surface area contributed by atoms with E-state index in [9.17, 15) is 10.2 Å². The number of nitrogens with one attached hydrogen (secondary N) is 1. The van der Waals surface area contributed by atoms with Gasteiger partial charge in [-0.15, -0.1) is 0 Å². The first-order valence-electron chi connectivity index (χ1n) is 36.4. The SMILES string of the molecule is C[C@@]12C[C@H]3C[C@@]45CCC[C@@H]4CC4=C[C@H]6[C@]7(CC[C@@H]8C=CC[C@H]9[C@@H]%10CCCC[C@@H]%10C=C[C@@]896)O[C@]46[C@H]5C(=O)OC[C@@]64[C@@H]7C(=O)[C@@H](O)[C@]([C@H]5CCC[C@H](Cc6ccccc6)C5)([C@H]34)[C@]13O[C@@H]3C(=O)O[C@H]2c1ccoc1C[C@@H]([C@H]1CC[C@H]2[C@H](C=CN3CNC[C@H]23)C1)[C@H](O)CO. The molecule has 1 aromatic heterocycles. The number of rotatable bonds is 9. The van der Waals surface area contributed by atoms with Crippen molar-refractivity contribution in [2.75, 3.05) is 26.4 Å². The van der Waals surface area contributed by atoms with Gasteiger partial charge in [-0.05, 0) is 208 Å². The highest BCUT2D eigenvalue weighted by atomic mass is 16.7. The second-order valence-electron chi connectivity index (χ2n) is 34.0. The topological polar surface area (TPSA) is 181 Å². The number of benzene rings is 1. The van der Waals surface area contributed by atoms with Gasteiger partial charge in [-0.2, -0.15) is 0 Å². The Labute approximate surface area is 530 Å². The number of cyclic esters (lactones) is 2. The second kappa shape index (κ2) is 19.0. The summed E-state index contributed by atoms with van der Waals surface area (Å²) >= 11 is 0. The number of fused-ring (bicyclic) bond motifs is 5. The van der Waals surface area contributed by atoms with E-state index < -0.39 is 86.6 Å². The third kappa shape index (κ3) is 6.45. The molecule has 7 aliphatic heterocycles. The summed E-state index contributed by atoms with van der Waals surface area (Å²) in [5.74, 6) is 0.473. The lowest BCUT2D eigenvalue weighted by Crippen LogP contribution is -2.82. The molecule has 4 N–H and O–H groups in total. The van der Waals surface area contributed by atoms with Crippen LogP contribution in [0.3, 0.4) is 0 Å². The summed E-state index contributed by atoms with van der Waals surface area (Å²) < 4.78 is 37.5. The molecule has 20 rings (SSSR count). The van der Waals surface area contributed by atoms with Gasteiger partial charge in [0.05, 0.1) is 48.5 Å². The summed E-state index contributed by atoms with van der Waals surface area (Å²) in [6.07, 6.45) is 35.1. The zero-order valence-electron chi connectivity index (χ0n) is 52.6. The third-order valence-electron chi connectivity index (χ3n) is 31.7. The Balaban J connectivity index is 0.782. The van der Waals surface area contributed by atoms with E-state index in [-0.39, 0.29) is 77.7 Å². The minimum atomic E-state index is -1.51. The Kier molecular flexibility index (Phi) is 11.8. The smallest absolute Gasteiger partial charge is 0.339 e. The molecule has 11 aliphatic carbocycles. The fourth-order valence-electron chi connectivity index (χ4n) is 29.4. The van der Waals surface area contributed by atoms with Crippen molar-refractivity contribution in [1.82, 2.24) is 10.2 Å². The maximum Gasteiger partial charge on any atom is 0.339 e. The van der Waals surface area contributed by atoms with Crippen molar-refractivity contribution in [1.29, 1.82) is 0 Å². The minimum absolute atomic E-state index is 0.0571. The zero-order valence-corrected chi connectivity index (χ0v) is 52.6. The van der Waals surface area contributed by atoms with Crippen LogP contribution in [-0.4, -0.2) is 106 Å². The summed E-state index contributed by atoms with van der Waals surface area (Å²) in [4.78, 5) is 52.3. The van der Waals surface area contributed by atoms with Gasteiger partial charge in [0.15, 0.2) is 11.9 Å². The van der Waals surface area contributed by atoms with Crippen LogP contribution in [0.1, 0.15) is 158 Å². The number of allylic oxidation sites excluding steroid dienone is 5. The van der Waals surface area contributed by atoms with Gasteiger partial charge in [-0.3, -0.25) is 14.9 Å². The number of carbonyl (C=O) groups is 3. The number of furan rings is 1. The van der Waals surface area contributed by atoms with Crippen molar-refractivity contribution < 1.29 is 53.1 Å². The number of Topliss-reactive ketones (excluding diaryl/α,β-unsaturated/α-hetero) is 1. The Morgan fingerprint density at radius 1 is 0.844 bits per heavy atom. The number of nitrogens with zero attached hydrogens (tertiary/aromatic N) is 1. The molecule has 1 aromatic carbocycles. The molecule has 18 aliphatic rings. The molecule has 0 amide bonds. The maximum atomic E-state index is 17.9. The van der Waals surface area contributed by atoms with Crippen molar-refractivity contribution in [2.45, 2.75) is 195 Å². The van der Waals surface area contributed by atoms with E-state index in [1.165, 1.54) is 36.8 Å². The summed E-state index contributed by atoms with van der Waals surface area (Å²) in [5.41, 5.74) is -4.37. The van der Waals surface area contributed by atoms with Crippen LogP contribution in [0.2, 0.25) is 0 Å². The molecule has 9 saturated carbocycles. The van der Waals surface area contributed by atoms with Gasteiger partial charge in [-0.1, -0.05) is 106 Å². The number of epoxide rings is 1. The van der Waals surface area contributed by atoms with Gasteiger partial charge in [0.1, 0.15) is 35.8 Å². The van der Waals surface area contributed by atoms with Crippen molar-refractivity contribution >= 4 is 17.7 Å². The van der Waals surface area contributed by atoms with Crippen molar-refractivity contribution in [3.63, 3.8) is 0 Å². The number of carbonyl (C=O) groups excluding carboxylic acids is 3. The lowest BCUT2D eigenvalue weighted by Gasteiger charge is -2.73. The summed E-state index contributed by atoms with van der Waals surface area (Å²) in [5, 5.41) is 41.6. The molecule has 29 atom stereocenters. The first kappa shape index (κ1) is 56.0. The van der Waals surface area contributed by atoms with Crippen molar-refractivity contribution in [2.24, 2.45) is 122 Å². The molecule has 8 heterocycles. The van der Waals surface area contributed by atoms with E-state index in [1.54, 1.807) is 6.26 Å². The quantitative estimate of drug-likeness (QED) is 0.106. The normalized spacial score (nSPS) is 53.5. The minimum Gasteiger partial charge on any atom is -0.469 e. The number of ketones is 1. The summed E-state index contributed by atoms with van der Waals surface area (Å²) in [7, 11) is 0. The zero-order chi connectivity index (χ0) is 60.3. The Hall–Kier alpha value is -4.37. The van der Waals surface area contributed by atoms with Crippen LogP contribution in [-0.2, 0) is 46.2 Å². The van der Waals surface area contributed by atoms with Crippen molar-refractivity contribution in [3.05, 3.63) is 108 Å². The predicted molar refractivity (Wildman–Crippen MR) is 331 cm³/mol. The number of hydrogen-bond donors (Lipinski definition) is 4. The molecule has 2 aromatic rings. The van der Waals surface area contributed by atoms with Gasteiger partial charge in [0, 0.05) is 46.7 Å². The molecule has 90 heavy (non-hydrogen) atoms. The van der Waals surface area contributed by atoms with E-state index in [0.717, 1.165) is 115 Å². The Morgan fingerprint density at radius 3 is 2.61 bits per heavy atom. The number of aliphatic hydroxyl groups excluding tert-OH is 3. The van der Waals surface area contributed by atoms with Crippen LogP contribution in [0.4, 0.5) is 0 Å². The molecule has 478 valence electrons. The molecular formula is C77H94N2O11. The third-order valence-corrected chi connectivity index (χ3v) is 31.7. The van der Waals surface area contributed by atoms with Gasteiger partial charge in [-0.25, -0.2) is 4.79 Å². The second-order valence-corrected chi connectivity index (χ2v) is 34.0. The van der Waals surface area contributed by atoms with Crippen LogP contribution in [0.15, 0.2) is 95.3 Å². The monoisotopic (exact) mass is 1220 g/mol. The molecule has 13 nitrogen and oxygen atoms in total. The highest BCUT2D eigenvalue weighted by Gasteiger charge is 2.99. The lowest BCUT2D eigenvalue weighted by atomic mass is 9.29. The molecule has 0 radical (unpaired) electrons. The first-order chi connectivity index (χ1) is 43.8. The number of ether oxygens (including phenoxy) is 4. The number of hydrogen-bond acceptors (Lipinski definition) is 13. The molecular weight excluding hydrogens is 1130 g/mol. The van der Waals surface area contributed by atoms with Crippen LogP contribution in [0, 0.1) is 122 Å². The van der Waals surface area contributed by atoms with Crippen LogP contribution in [0.5, 0.6) is 0 Å². The highest BCUT2D eigenvalue weighted by molar-refractivity contribution is 5.94. The predicted octanol–water partition coefficient (Wildman–Crippen LogP) is 10.7. The van der Waals surface area contributed by atoms with E-state index in [2.05, 4.69) is 90.1 Å². The van der Waals surface area contributed by atoms with Crippen LogP contribution in [0.25, 0.3) is 0 Å².